The lowest BCUT2D eigenvalue weighted by atomic mass is 10.0. The zero-order valence-electron chi connectivity index (χ0n) is 11.9. The summed E-state index contributed by atoms with van der Waals surface area (Å²) in [6.07, 6.45) is 1.01. The Bertz CT molecular complexity index is 522. The molecule has 0 aliphatic rings. The summed E-state index contributed by atoms with van der Waals surface area (Å²) in [5, 5.41) is 3.81. The molecule has 0 spiro atoms. The molecule has 1 aromatic heterocycles. The fourth-order valence-electron chi connectivity index (χ4n) is 2.05. The first kappa shape index (κ1) is 14.9. The maximum atomic E-state index is 5.86. The van der Waals surface area contributed by atoms with Gasteiger partial charge in [-0.1, -0.05) is 26.0 Å². The maximum Gasteiger partial charge on any atom is 0.193 e. The number of rotatable bonds is 7. The van der Waals surface area contributed by atoms with Crippen molar-refractivity contribution in [3.8, 4) is 5.75 Å². The molecule has 1 atom stereocenters. The summed E-state index contributed by atoms with van der Waals surface area (Å²) in [5.41, 5.74) is 1.13. The topological polar surface area (TPSA) is 34.4 Å². The number of hydrogen-bond acceptors (Lipinski definition) is 3. The molecule has 1 heterocycles. The summed E-state index contributed by atoms with van der Waals surface area (Å²) in [7, 11) is 0. The molecule has 2 rings (SSSR count). The van der Waals surface area contributed by atoms with Gasteiger partial charge in [0, 0.05) is 0 Å². The van der Waals surface area contributed by atoms with Crippen LogP contribution < -0.4 is 10.1 Å². The number of furan rings is 1. The average molecular weight is 294 g/mol. The second-order valence-corrected chi connectivity index (χ2v) is 4.92. The highest BCUT2D eigenvalue weighted by Crippen LogP contribution is 2.27. The van der Waals surface area contributed by atoms with E-state index in [1.54, 1.807) is 6.07 Å². The summed E-state index contributed by atoms with van der Waals surface area (Å²) >= 11 is 5.86. The lowest BCUT2D eigenvalue weighted by Crippen LogP contribution is -2.21. The van der Waals surface area contributed by atoms with Gasteiger partial charge in [-0.05, 0) is 54.4 Å². The Morgan fingerprint density at radius 1 is 1.15 bits per heavy atom. The van der Waals surface area contributed by atoms with Crippen LogP contribution in [0.3, 0.4) is 0 Å². The Morgan fingerprint density at radius 3 is 2.45 bits per heavy atom. The van der Waals surface area contributed by atoms with E-state index in [9.17, 15) is 0 Å². The van der Waals surface area contributed by atoms with Crippen molar-refractivity contribution >= 4 is 11.6 Å². The quantitative estimate of drug-likeness (QED) is 0.820. The highest BCUT2D eigenvalue weighted by Gasteiger charge is 2.16. The molecule has 4 heteroatoms. The van der Waals surface area contributed by atoms with Gasteiger partial charge in [0.2, 0.25) is 0 Å². The summed E-state index contributed by atoms with van der Waals surface area (Å²) in [5.74, 6) is 1.71. The van der Waals surface area contributed by atoms with E-state index in [-0.39, 0.29) is 6.04 Å². The molecule has 108 valence electrons. The maximum absolute atomic E-state index is 5.86. The van der Waals surface area contributed by atoms with E-state index in [0.29, 0.717) is 5.22 Å². The van der Waals surface area contributed by atoms with Gasteiger partial charge < -0.3 is 14.5 Å². The SMILES string of the molecule is CCCOc1ccc(C(NCC)c2ccc(Cl)o2)cc1. The lowest BCUT2D eigenvalue weighted by Gasteiger charge is -2.16. The first-order chi connectivity index (χ1) is 9.74. The van der Waals surface area contributed by atoms with Gasteiger partial charge in [0.15, 0.2) is 5.22 Å². The zero-order chi connectivity index (χ0) is 14.4. The van der Waals surface area contributed by atoms with E-state index < -0.39 is 0 Å². The van der Waals surface area contributed by atoms with Crippen molar-refractivity contribution in [2.24, 2.45) is 0 Å². The van der Waals surface area contributed by atoms with Gasteiger partial charge in [-0.15, -0.1) is 0 Å². The van der Waals surface area contributed by atoms with Crippen LogP contribution in [0.15, 0.2) is 40.8 Å². The van der Waals surface area contributed by atoms with Crippen LogP contribution in [0.2, 0.25) is 5.22 Å². The molecule has 1 unspecified atom stereocenters. The van der Waals surface area contributed by atoms with E-state index in [1.165, 1.54) is 0 Å². The standard InChI is InChI=1S/C16H20ClNO2/c1-3-11-19-13-7-5-12(6-8-13)16(18-4-2)14-9-10-15(17)20-14/h5-10,16,18H,3-4,11H2,1-2H3. The molecule has 1 aromatic carbocycles. The third kappa shape index (κ3) is 3.78. The number of hydrogen-bond donors (Lipinski definition) is 1. The highest BCUT2D eigenvalue weighted by molar-refractivity contribution is 6.28. The molecule has 0 radical (unpaired) electrons. The van der Waals surface area contributed by atoms with Gasteiger partial charge in [-0.25, -0.2) is 0 Å². The minimum Gasteiger partial charge on any atom is -0.494 e. The van der Waals surface area contributed by atoms with E-state index in [0.717, 1.165) is 36.6 Å². The van der Waals surface area contributed by atoms with Gasteiger partial charge in [0.25, 0.3) is 0 Å². The molecule has 3 nitrogen and oxygen atoms in total. The molecular formula is C16H20ClNO2. The van der Waals surface area contributed by atoms with Gasteiger partial charge in [-0.2, -0.15) is 0 Å². The molecule has 1 N–H and O–H groups in total. The lowest BCUT2D eigenvalue weighted by molar-refractivity contribution is 0.317. The summed E-state index contributed by atoms with van der Waals surface area (Å²) in [6, 6.07) is 11.7. The van der Waals surface area contributed by atoms with Gasteiger partial charge in [0.05, 0.1) is 12.6 Å². The van der Waals surface area contributed by atoms with Crippen LogP contribution in [0.25, 0.3) is 0 Å². The molecule has 0 saturated heterocycles. The Kier molecular flexibility index (Phi) is 5.50. The van der Waals surface area contributed by atoms with Crippen molar-refractivity contribution in [2.45, 2.75) is 26.3 Å². The minimum absolute atomic E-state index is 0.00715. The van der Waals surface area contributed by atoms with Crippen LogP contribution in [0.4, 0.5) is 0 Å². The third-order valence-corrected chi connectivity index (χ3v) is 3.18. The Hall–Kier alpha value is -1.45. The molecule has 0 saturated carbocycles. The van der Waals surface area contributed by atoms with E-state index >= 15 is 0 Å². The largest absolute Gasteiger partial charge is 0.494 e. The van der Waals surface area contributed by atoms with Crippen molar-refractivity contribution in [1.82, 2.24) is 5.32 Å². The zero-order valence-corrected chi connectivity index (χ0v) is 12.6. The average Bonchev–Trinajstić information content (AvgIpc) is 2.89. The highest BCUT2D eigenvalue weighted by atomic mass is 35.5. The minimum atomic E-state index is 0.00715. The van der Waals surface area contributed by atoms with Crippen LogP contribution in [0.5, 0.6) is 5.75 Å². The van der Waals surface area contributed by atoms with Crippen molar-refractivity contribution < 1.29 is 9.15 Å². The van der Waals surface area contributed by atoms with Crippen LogP contribution in [0.1, 0.15) is 37.6 Å². The number of benzene rings is 1. The van der Waals surface area contributed by atoms with Crippen molar-refractivity contribution in [2.75, 3.05) is 13.2 Å². The summed E-state index contributed by atoms with van der Waals surface area (Å²) < 4.78 is 11.1. The van der Waals surface area contributed by atoms with Gasteiger partial charge >= 0.3 is 0 Å². The molecule has 0 bridgehead atoms. The fourth-order valence-corrected chi connectivity index (χ4v) is 2.20. The first-order valence-electron chi connectivity index (χ1n) is 6.96. The summed E-state index contributed by atoms with van der Waals surface area (Å²) in [6.45, 7) is 5.74. The van der Waals surface area contributed by atoms with Crippen molar-refractivity contribution in [3.05, 3.63) is 52.9 Å². The smallest absolute Gasteiger partial charge is 0.193 e. The molecular weight excluding hydrogens is 274 g/mol. The Balaban J connectivity index is 2.17. The molecule has 0 aliphatic carbocycles. The second-order valence-electron chi connectivity index (χ2n) is 4.55. The van der Waals surface area contributed by atoms with E-state index in [4.69, 9.17) is 20.8 Å². The van der Waals surface area contributed by atoms with Gasteiger partial charge in [-0.3, -0.25) is 0 Å². The molecule has 0 fully saturated rings. The third-order valence-electron chi connectivity index (χ3n) is 2.97. The van der Waals surface area contributed by atoms with E-state index in [2.05, 4.69) is 31.3 Å². The van der Waals surface area contributed by atoms with Crippen LogP contribution in [0, 0.1) is 0 Å². The normalized spacial score (nSPS) is 12.3. The molecule has 20 heavy (non-hydrogen) atoms. The molecule has 0 aliphatic heterocycles. The number of ether oxygens (including phenoxy) is 1. The number of halogens is 1. The molecule has 2 aromatic rings. The predicted octanol–water partition coefficient (Wildman–Crippen LogP) is 4.42. The number of nitrogens with one attached hydrogen (secondary N) is 1. The van der Waals surface area contributed by atoms with Crippen molar-refractivity contribution in [1.29, 1.82) is 0 Å². The van der Waals surface area contributed by atoms with E-state index in [1.807, 2.05) is 18.2 Å². The van der Waals surface area contributed by atoms with Gasteiger partial charge in [0.1, 0.15) is 11.5 Å². The Morgan fingerprint density at radius 2 is 1.90 bits per heavy atom. The Labute approximate surface area is 124 Å². The molecule has 0 amide bonds. The second kappa shape index (κ2) is 7.36. The van der Waals surface area contributed by atoms with Crippen molar-refractivity contribution in [3.63, 3.8) is 0 Å². The summed E-state index contributed by atoms with van der Waals surface area (Å²) in [4.78, 5) is 0. The monoisotopic (exact) mass is 293 g/mol. The fraction of sp³-hybridized carbons (Fsp3) is 0.375. The van der Waals surface area contributed by atoms with Crippen LogP contribution >= 0.6 is 11.6 Å². The van der Waals surface area contributed by atoms with Crippen LogP contribution in [-0.4, -0.2) is 13.2 Å². The van der Waals surface area contributed by atoms with Crippen LogP contribution in [-0.2, 0) is 0 Å². The predicted molar refractivity (Wildman–Crippen MR) is 81.5 cm³/mol. The first-order valence-corrected chi connectivity index (χ1v) is 7.33.